The van der Waals surface area contributed by atoms with E-state index in [9.17, 15) is 14.4 Å². The van der Waals surface area contributed by atoms with E-state index in [1.54, 1.807) is 0 Å². The lowest BCUT2D eigenvalue weighted by Gasteiger charge is -2.18. The van der Waals surface area contributed by atoms with Crippen molar-refractivity contribution in [2.24, 2.45) is 11.8 Å². The molecule has 0 aromatic heterocycles. The van der Waals surface area contributed by atoms with Gasteiger partial charge < -0.3 is 14.2 Å². The van der Waals surface area contributed by atoms with Gasteiger partial charge in [0.05, 0.1) is 0 Å². The van der Waals surface area contributed by atoms with Crippen LogP contribution in [0.1, 0.15) is 369 Å². The second-order valence-corrected chi connectivity index (χ2v) is 23.1. The fraction of sp³-hybridized carbons (Fsp3) is 0.954. The molecule has 6 nitrogen and oxygen atoms in total. The largest absolute Gasteiger partial charge is 0.462 e. The highest BCUT2D eigenvalue weighted by Gasteiger charge is 2.19. The number of hydrogen-bond acceptors (Lipinski definition) is 6. The predicted molar refractivity (Wildman–Crippen MR) is 307 cm³/mol. The second kappa shape index (κ2) is 57.7. The number of carbonyl (C=O) groups excluding carboxylic acids is 3. The van der Waals surface area contributed by atoms with Crippen LogP contribution in [-0.4, -0.2) is 37.2 Å². The molecule has 422 valence electrons. The minimum atomic E-state index is -0.764. The molecule has 0 aromatic carbocycles. The number of rotatable bonds is 59. The van der Waals surface area contributed by atoms with Gasteiger partial charge in [0.15, 0.2) is 6.10 Å². The number of carbonyl (C=O) groups is 3. The van der Waals surface area contributed by atoms with Crippen molar-refractivity contribution in [1.82, 2.24) is 0 Å². The van der Waals surface area contributed by atoms with Gasteiger partial charge in [0.2, 0.25) is 0 Å². The number of hydrogen-bond donors (Lipinski definition) is 0. The Hall–Kier alpha value is -1.59. The van der Waals surface area contributed by atoms with Gasteiger partial charge in [-0.05, 0) is 31.1 Å². The van der Waals surface area contributed by atoms with E-state index < -0.39 is 6.10 Å². The lowest BCUT2D eigenvalue weighted by Crippen LogP contribution is -2.30. The summed E-state index contributed by atoms with van der Waals surface area (Å²) in [6, 6.07) is 0. The monoisotopic (exact) mass is 1000 g/mol. The second-order valence-electron chi connectivity index (χ2n) is 23.1. The van der Waals surface area contributed by atoms with Crippen molar-refractivity contribution in [2.75, 3.05) is 13.2 Å². The van der Waals surface area contributed by atoms with Crippen LogP contribution >= 0.6 is 0 Å². The van der Waals surface area contributed by atoms with Crippen LogP contribution in [0.25, 0.3) is 0 Å². The SMILES string of the molecule is CCCCCCCCCCCCCCCCCCC(=O)O[C@H](COC(=O)CCCCCCCCCCCCCCCCCCC(C)C)COC(=O)CCCCCCCCCCCCCCCCC(C)CC. The van der Waals surface area contributed by atoms with Crippen LogP contribution in [0.15, 0.2) is 0 Å². The molecule has 0 aliphatic carbocycles. The standard InChI is InChI=1S/C65H126O6/c1-6-8-9-10-11-12-13-14-15-19-27-32-37-42-47-52-57-65(68)71-62(59-70-64(67)56-51-46-41-36-31-26-22-21-24-29-34-39-44-49-54-61(5)7-2)58-69-63(66)55-50-45-40-35-30-25-20-17-16-18-23-28-33-38-43-48-53-60(3)4/h60-62H,6-59H2,1-5H3/t61?,62-/m1/s1. The first kappa shape index (κ1) is 69.4. The molecule has 0 saturated heterocycles. The van der Waals surface area contributed by atoms with E-state index in [0.717, 1.165) is 69.6 Å². The van der Waals surface area contributed by atoms with Crippen molar-refractivity contribution >= 4 is 17.9 Å². The first-order valence-corrected chi connectivity index (χ1v) is 32.3. The van der Waals surface area contributed by atoms with E-state index in [4.69, 9.17) is 14.2 Å². The molecule has 6 heteroatoms. The Morgan fingerprint density at radius 3 is 0.803 bits per heavy atom. The molecule has 0 rings (SSSR count). The molecular weight excluding hydrogens is 877 g/mol. The Bertz CT molecular complexity index is 1090. The van der Waals surface area contributed by atoms with Crippen molar-refractivity contribution in [3.05, 3.63) is 0 Å². The van der Waals surface area contributed by atoms with E-state index >= 15 is 0 Å². The van der Waals surface area contributed by atoms with Crippen LogP contribution in [0.4, 0.5) is 0 Å². The number of unbranched alkanes of at least 4 members (excludes halogenated alkanes) is 43. The fourth-order valence-corrected chi connectivity index (χ4v) is 10.1. The van der Waals surface area contributed by atoms with Crippen molar-refractivity contribution in [3.63, 3.8) is 0 Å². The summed E-state index contributed by atoms with van der Waals surface area (Å²) in [6.45, 7) is 11.5. The molecule has 0 aromatic rings. The van der Waals surface area contributed by atoms with Crippen molar-refractivity contribution in [1.29, 1.82) is 0 Å². The van der Waals surface area contributed by atoms with Crippen molar-refractivity contribution in [3.8, 4) is 0 Å². The molecule has 0 amide bonds. The molecule has 0 spiro atoms. The minimum Gasteiger partial charge on any atom is -0.462 e. The summed E-state index contributed by atoms with van der Waals surface area (Å²) in [5, 5.41) is 0. The molecule has 0 bridgehead atoms. The minimum absolute atomic E-state index is 0.0617. The highest BCUT2D eigenvalue weighted by Crippen LogP contribution is 2.19. The summed E-state index contributed by atoms with van der Waals surface area (Å²) in [5.41, 5.74) is 0. The van der Waals surface area contributed by atoms with Gasteiger partial charge in [0, 0.05) is 19.3 Å². The molecule has 71 heavy (non-hydrogen) atoms. The average Bonchev–Trinajstić information content (AvgIpc) is 3.36. The molecule has 0 fully saturated rings. The molecule has 0 radical (unpaired) electrons. The van der Waals surface area contributed by atoms with Crippen LogP contribution in [0, 0.1) is 11.8 Å². The maximum Gasteiger partial charge on any atom is 0.306 e. The van der Waals surface area contributed by atoms with E-state index in [0.29, 0.717) is 19.3 Å². The summed E-state index contributed by atoms with van der Waals surface area (Å²) in [5.74, 6) is 0.919. The van der Waals surface area contributed by atoms with Gasteiger partial charge in [0.1, 0.15) is 13.2 Å². The van der Waals surface area contributed by atoms with E-state index in [1.807, 2.05) is 0 Å². The Kier molecular flexibility index (Phi) is 56.4. The first-order valence-electron chi connectivity index (χ1n) is 32.3. The third-order valence-electron chi connectivity index (χ3n) is 15.3. The molecule has 0 aliphatic heterocycles. The lowest BCUT2D eigenvalue weighted by atomic mass is 9.99. The average molecular weight is 1000 g/mol. The summed E-state index contributed by atoms with van der Waals surface area (Å²) in [7, 11) is 0. The van der Waals surface area contributed by atoms with Crippen LogP contribution < -0.4 is 0 Å². The molecule has 0 heterocycles. The number of esters is 3. The zero-order valence-corrected chi connectivity index (χ0v) is 48.9. The topological polar surface area (TPSA) is 78.9 Å². The van der Waals surface area contributed by atoms with E-state index in [-0.39, 0.29) is 31.1 Å². The van der Waals surface area contributed by atoms with Crippen molar-refractivity contribution < 1.29 is 28.6 Å². The first-order chi connectivity index (χ1) is 34.8. The number of ether oxygens (including phenoxy) is 3. The summed E-state index contributed by atoms with van der Waals surface area (Å²) in [6.07, 6.45) is 63.8. The smallest absolute Gasteiger partial charge is 0.306 e. The van der Waals surface area contributed by atoms with Crippen LogP contribution in [0.5, 0.6) is 0 Å². The van der Waals surface area contributed by atoms with E-state index in [2.05, 4.69) is 34.6 Å². The van der Waals surface area contributed by atoms with Gasteiger partial charge in [-0.25, -0.2) is 0 Å². The fourth-order valence-electron chi connectivity index (χ4n) is 10.1. The van der Waals surface area contributed by atoms with Crippen LogP contribution in [-0.2, 0) is 28.6 Å². The van der Waals surface area contributed by atoms with Gasteiger partial charge in [-0.3, -0.25) is 14.4 Å². The highest BCUT2D eigenvalue weighted by atomic mass is 16.6. The molecule has 0 N–H and O–H groups in total. The molecule has 2 atom stereocenters. The normalized spacial score (nSPS) is 12.4. The molecule has 0 saturated carbocycles. The van der Waals surface area contributed by atoms with Gasteiger partial charge in [-0.2, -0.15) is 0 Å². The van der Waals surface area contributed by atoms with Gasteiger partial charge in [-0.1, -0.05) is 330 Å². The zero-order chi connectivity index (χ0) is 51.8. The molecular formula is C65H126O6. The maximum absolute atomic E-state index is 12.9. The van der Waals surface area contributed by atoms with E-state index in [1.165, 1.54) is 257 Å². The third-order valence-corrected chi connectivity index (χ3v) is 15.3. The van der Waals surface area contributed by atoms with Gasteiger partial charge >= 0.3 is 17.9 Å². The predicted octanol–water partition coefficient (Wildman–Crippen LogP) is 21.6. The molecule has 0 aliphatic rings. The Balaban J connectivity index is 4.28. The van der Waals surface area contributed by atoms with Crippen LogP contribution in [0.3, 0.4) is 0 Å². The van der Waals surface area contributed by atoms with Gasteiger partial charge in [-0.15, -0.1) is 0 Å². The Morgan fingerprint density at radius 2 is 0.535 bits per heavy atom. The van der Waals surface area contributed by atoms with Crippen molar-refractivity contribution in [2.45, 2.75) is 375 Å². The quantitative estimate of drug-likeness (QED) is 0.0343. The molecule has 1 unspecified atom stereocenters. The Labute approximate surface area is 444 Å². The lowest BCUT2D eigenvalue weighted by molar-refractivity contribution is -0.167. The summed E-state index contributed by atoms with van der Waals surface area (Å²) < 4.78 is 17.0. The summed E-state index contributed by atoms with van der Waals surface area (Å²) >= 11 is 0. The zero-order valence-electron chi connectivity index (χ0n) is 48.9. The van der Waals surface area contributed by atoms with Gasteiger partial charge in [0.25, 0.3) is 0 Å². The summed E-state index contributed by atoms with van der Waals surface area (Å²) in [4.78, 5) is 38.3. The third kappa shape index (κ3) is 57.5. The Morgan fingerprint density at radius 1 is 0.296 bits per heavy atom. The highest BCUT2D eigenvalue weighted by molar-refractivity contribution is 5.71. The van der Waals surface area contributed by atoms with Crippen LogP contribution in [0.2, 0.25) is 0 Å². The maximum atomic E-state index is 12.9.